The average Bonchev–Trinajstić information content (AvgIpc) is 2.78. The van der Waals surface area contributed by atoms with Gasteiger partial charge in [-0.3, -0.25) is 4.79 Å². The highest BCUT2D eigenvalue weighted by atomic mass is 16.5. The van der Waals surface area contributed by atoms with Gasteiger partial charge in [-0.15, -0.1) is 0 Å². The minimum Gasteiger partial charge on any atom is -0.484 e. The van der Waals surface area contributed by atoms with E-state index in [4.69, 9.17) is 9.15 Å². The Kier molecular flexibility index (Phi) is 7.30. The number of ether oxygens (including phenoxy) is 1. The van der Waals surface area contributed by atoms with Crippen LogP contribution in [0.4, 0.5) is 0 Å². The topological polar surface area (TPSA) is 106 Å². The number of carbonyl (C=O) groups excluding carboxylic acids is 1. The van der Waals surface area contributed by atoms with Crippen LogP contribution >= 0.6 is 0 Å². The summed E-state index contributed by atoms with van der Waals surface area (Å²) in [6.07, 6.45) is 1.09. The van der Waals surface area contributed by atoms with Crippen molar-refractivity contribution < 1.29 is 23.8 Å². The lowest BCUT2D eigenvalue weighted by atomic mass is 9.99. The number of amides is 1. The van der Waals surface area contributed by atoms with E-state index in [0.717, 1.165) is 16.5 Å². The molecule has 168 valence electrons. The smallest absolute Gasteiger partial charge is 0.340 e. The molecule has 2 atom stereocenters. The van der Waals surface area contributed by atoms with Crippen LogP contribution in [0.3, 0.4) is 0 Å². The van der Waals surface area contributed by atoms with E-state index in [2.05, 4.69) is 5.32 Å². The summed E-state index contributed by atoms with van der Waals surface area (Å²) >= 11 is 0. The van der Waals surface area contributed by atoms with Gasteiger partial charge in [-0.1, -0.05) is 50.6 Å². The van der Waals surface area contributed by atoms with E-state index in [9.17, 15) is 19.5 Å². The lowest BCUT2D eigenvalue weighted by Gasteiger charge is -2.20. The van der Waals surface area contributed by atoms with Crippen LogP contribution in [0, 0.1) is 12.8 Å². The monoisotopic (exact) mass is 437 g/mol. The highest BCUT2D eigenvalue weighted by molar-refractivity contribution is 5.85. The Bertz CT molecular complexity index is 1170. The normalized spacial score (nSPS) is 12.8. The van der Waals surface area contributed by atoms with Crippen molar-refractivity contribution >= 4 is 22.8 Å². The van der Waals surface area contributed by atoms with Crippen LogP contribution in [-0.4, -0.2) is 29.6 Å². The minimum atomic E-state index is -1.08. The molecule has 0 aliphatic carbocycles. The number of aliphatic carboxylic acids is 1. The van der Waals surface area contributed by atoms with Gasteiger partial charge in [0.2, 0.25) is 0 Å². The third kappa shape index (κ3) is 5.35. The quantitative estimate of drug-likeness (QED) is 0.495. The number of carbonyl (C=O) groups is 2. The highest BCUT2D eigenvalue weighted by Crippen LogP contribution is 2.25. The van der Waals surface area contributed by atoms with Gasteiger partial charge in [0.05, 0.1) is 0 Å². The van der Waals surface area contributed by atoms with E-state index in [1.165, 1.54) is 0 Å². The summed E-state index contributed by atoms with van der Waals surface area (Å²) < 4.78 is 11.0. The molecule has 1 aromatic heterocycles. The third-order valence-corrected chi connectivity index (χ3v) is 5.65. The molecule has 0 saturated carbocycles. The molecule has 1 heterocycles. The summed E-state index contributed by atoms with van der Waals surface area (Å²) in [4.78, 5) is 36.1. The summed E-state index contributed by atoms with van der Waals surface area (Å²) in [7, 11) is 0. The van der Waals surface area contributed by atoms with Crippen LogP contribution in [0.5, 0.6) is 5.75 Å². The molecule has 0 bridgehead atoms. The molecule has 3 aromatic rings. The number of fused-ring (bicyclic) bond motifs is 1. The predicted octanol–water partition coefficient (Wildman–Crippen LogP) is 3.69. The number of carboxylic acids is 1. The Morgan fingerprint density at radius 1 is 1.16 bits per heavy atom. The molecule has 32 heavy (non-hydrogen) atoms. The Balaban J connectivity index is 1.74. The minimum absolute atomic E-state index is 0.209. The van der Waals surface area contributed by atoms with E-state index < -0.39 is 23.5 Å². The Labute approximate surface area is 186 Å². The SMILES string of the molecule is CCC(C)C(NC(=O)COc1ccc2c(C)c(Cc3ccccc3)c(=O)oc2c1)C(=O)O. The molecular formula is C25H27NO6. The second kappa shape index (κ2) is 10.1. The zero-order valence-electron chi connectivity index (χ0n) is 18.4. The van der Waals surface area contributed by atoms with E-state index in [-0.39, 0.29) is 12.5 Å². The predicted molar refractivity (Wildman–Crippen MR) is 121 cm³/mol. The number of nitrogens with one attached hydrogen (secondary N) is 1. The number of hydrogen-bond donors (Lipinski definition) is 2. The van der Waals surface area contributed by atoms with Crippen molar-refractivity contribution in [3.05, 3.63) is 75.6 Å². The fourth-order valence-corrected chi connectivity index (χ4v) is 3.52. The molecule has 7 heteroatoms. The molecule has 0 spiro atoms. The molecule has 2 unspecified atom stereocenters. The molecule has 0 aliphatic rings. The van der Waals surface area contributed by atoms with E-state index in [1.54, 1.807) is 25.1 Å². The van der Waals surface area contributed by atoms with Gasteiger partial charge in [0.1, 0.15) is 17.4 Å². The molecule has 2 aromatic carbocycles. The van der Waals surface area contributed by atoms with Gasteiger partial charge < -0.3 is 19.6 Å². The van der Waals surface area contributed by atoms with Crippen molar-refractivity contribution in [2.75, 3.05) is 6.61 Å². The molecule has 0 radical (unpaired) electrons. The summed E-state index contributed by atoms with van der Waals surface area (Å²) in [6.45, 7) is 5.16. The van der Waals surface area contributed by atoms with Gasteiger partial charge in [0.15, 0.2) is 6.61 Å². The first-order valence-electron chi connectivity index (χ1n) is 10.5. The number of rotatable bonds is 9. The number of aryl methyl sites for hydroxylation is 1. The summed E-state index contributed by atoms with van der Waals surface area (Å²) in [5.74, 6) is -1.48. The summed E-state index contributed by atoms with van der Waals surface area (Å²) in [5, 5.41) is 12.6. The van der Waals surface area contributed by atoms with E-state index in [0.29, 0.717) is 29.7 Å². The summed E-state index contributed by atoms with van der Waals surface area (Å²) in [5.41, 5.74) is 2.41. The van der Waals surface area contributed by atoms with Gasteiger partial charge in [-0.2, -0.15) is 0 Å². The fourth-order valence-electron chi connectivity index (χ4n) is 3.52. The molecule has 3 rings (SSSR count). The molecule has 2 N–H and O–H groups in total. The number of carboxylic acid groups (broad SMARTS) is 1. The lowest BCUT2D eigenvalue weighted by Crippen LogP contribution is -2.46. The zero-order chi connectivity index (χ0) is 23.3. The van der Waals surface area contributed by atoms with Crippen molar-refractivity contribution in [3.8, 4) is 5.75 Å². The maximum atomic E-state index is 12.6. The lowest BCUT2D eigenvalue weighted by molar-refractivity contribution is -0.143. The highest BCUT2D eigenvalue weighted by Gasteiger charge is 2.25. The molecule has 0 saturated heterocycles. The van der Waals surface area contributed by atoms with Crippen molar-refractivity contribution in [3.63, 3.8) is 0 Å². The van der Waals surface area contributed by atoms with Crippen molar-refractivity contribution in [1.29, 1.82) is 0 Å². The largest absolute Gasteiger partial charge is 0.484 e. The maximum absolute atomic E-state index is 12.6. The van der Waals surface area contributed by atoms with Crippen LogP contribution in [0.2, 0.25) is 0 Å². The summed E-state index contributed by atoms with van der Waals surface area (Å²) in [6, 6.07) is 13.8. The van der Waals surface area contributed by atoms with E-state index >= 15 is 0 Å². The number of benzene rings is 2. The second-order valence-corrected chi connectivity index (χ2v) is 7.87. The first-order valence-corrected chi connectivity index (χ1v) is 10.5. The molecule has 7 nitrogen and oxygen atoms in total. The van der Waals surface area contributed by atoms with Gasteiger partial charge in [0, 0.05) is 23.4 Å². The second-order valence-electron chi connectivity index (χ2n) is 7.87. The zero-order valence-corrected chi connectivity index (χ0v) is 18.4. The van der Waals surface area contributed by atoms with E-state index in [1.807, 2.05) is 44.2 Å². The van der Waals surface area contributed by atoms with Crippen molar-refractivity contribution in [1.82, 2.24) is 5.32 Å². The average molecular weight is 437 g/mol. The van der Waals surface area contributed by atoms with Crippen LogP contribution < -0.4 is 15.7 Å². The van der Waals surface area contributed by atoms with Crippen LogP contribution in [0.25, 0.3) is 11.0 Å². The van der Waals surface area contributed by atoms with Crippen LogP contribution in [0.15, 0.2) is 57.7 Å². The molecular weight excluding hydrogens is 410 g/mol. The third-order valence-electron chi connectivity index (χ3n) is 5.65. The molecule has 0 fully saturated rings. The van der Waals surface area contributed by atoms with Gasteiger partial charge in [0.25, 0.3) is 5.91 Å². The fraction of sp³-hybridized carbons (Fsp3) is 0.320. The maximum Gasteiger partial charge on any atom is 0.340 e. The van der Waals surface area contributed by atoms with Gasteiger partial charge in [-0.25, -0.2) is 9.59 Å². The first kappa shape index (κ1) is 23.1. The Hall–Kier alpha value is -3.61. The van der Waals surface area contributed by atoms with Crippen LogP contribution in [0.1, 0.15) is 37.0 Å². The first-order chi connectivity index (χ1) is 15.3. The Morgan fingerprint density at radius 3 is 2.53 bits per heavy atom. The number of hydrogen-bond acceptors (Lipinski definition) is 5. The standard InChI is InChI=1S/C25H27NO6/c1-4-15(2)23(24(28)29)26-22(27)14-31-18-10-11-19-16(3)20(25(30)32-21(19)13-18)12-17-8-6-5-7-9-17/h5-11,13,15,23H,4,12,14H2,1-3H3,(H,26,27)(H,28,29). The van der Waals surface area contributed by atoms with Crippen molar-refractivity contribution in [2.45, 2.75) is 39.7 Å². The van der Waals surface area contributed by atoms with Gasteiger partial charge in [-0.05, 0) is 36.1 Å². The van der Waals surface area contributed by atoms with Gasteiger partial charge >= 0.3 is 11.6 Å². The van der Waals surface area contributed by atoms with Crippen LogP contribution in [-0.2, 0) is 16.0 Å². The Morgan fingerprint density at radius 2 is 1.88 bits per heavy atom. The molecule has 0 aliphatic heterocycles. The van der Waals surface area contributed by atoms with Crippen molar-refractivity contribution in [2.24, 2.45) is 5.92 Å². The molecule has 1 amide bonds.